The molecule has 0 heterocycles. The molecule has 2 aromatic carbocycles. The van der Waals surface area contributed by atoms with Crippen LogP contribution in [0.3, 0.4) is 0 Å². The van der Waals surface area contributed by atoms with Gasteiger partial charge in [-0.3, -0.25) is 10.1 Å². The van der Waals surface area contributed by atoms with Crippen molar-refractivity contribution in [2.24, 2.45) is 0 Å². The number of nitro groups is 1. The minimum absolute atomic E-state index is 0.163. The Balaban J connectivity index is 2.24. The van der Waals surface area contributed by atoms with E-state index in [9.17, 15) is 14.5 Å². The van der Waals surface area contributed by atoms with E-state index >= 15 is 0 Å². The molecule has 0 aliphatic rings. The van der Waals surface area contributed by atoms with Crippen LogP contribution in [0.25, 0.3) is 0 Å². The van der Waals surface area contributed by atoms with Crippen molar-refractivity contribution in [3.05, 3.63) is 62.9 Å². The quantitative estimate of drug-likeness (QED) is 0.434. The van der Waals surface area contributed by atoms with Crippen molar-refractivity contribution in [2.45, 2.75) is 5.33 Å². The highest BCUT2D eigenvalue weighted by atomic mass is 79.9. The van der Waals surface area contributed by atoms with Crippen LogP contribution in [0.15, 0.2) is 36.4 Å². The summed E-state index contributed by atoms with van der Waals surface area (Å²) in [6, 6.07) is 8.39. The maximum absolute atomic E-state index is 13.4. The Morgan fingerprint density at radius 2 is 1.90 bits per heavy atom. The average molecular weight is 361 g/mol. The summed E-state index contributed by atoms with van der Waals surface area (Å²) in [5, 5.41) is 11.6. The summed E-state index contributed by atoms with van der Waals surface area (Å²) in [6.07, 6.45) is 0. The summed E-state index contributed by atoms with van der Waals surface area (Å²) in [6.45, 7) is 0. The van der Waals surface area contributed by atoms with Gasteiger partial charge in [0.25, 0.3) is 0 Å². The highest BCUT2D eigenvalue weighted by Gasteiger charge is 2.14. The van der Waals surface area contributed by atoms with Crippen molar-refractivity contribution in [1.82, 2.24) is 0 Å². The van der Waals surface area contributed by atoms with E-state index in [2.05, 4.69) is 15.9 Å². The Hall–Kier alpha value is -1.66. The summed E-state index contributed by atoms with van der Waals surface area (Å²) < 4.78 is 18.9. The maximum Gasteiger partial charge on any atom is 0.305 e. The Bertz CT molecular complexity index is 666. The number of benzene rings is 2. The lowest BCUT2D eigenvalue weighted by Gasteiger charge is -2.08. The van der Waals surface area contributed by atoms with Crippen LogP contribution in [0.4, 0.5) is 10.1 Å². The molecule has 0 amide bonds. The molecule has 0 N–H and O–H groups in total. The van der Waals surface area contributed by atoms with Gasteiger partial charge < -0.3 is 4.74 Å². The van der Waals surface area contributed by atoms with E-state index in [-0.39, 0.29) is 5.75 Å². The number of hydrogen-bond acceptors (Lipinski definition) is 3. The largest absolute Gasteiger partial charge is 0.457 e. The van der Waals surface area contributed by atoms with Crippen LogP contribution >= 0.6 is 27.5 Å². The lowest BCUT2D eigenvalue weighted by Crippen LogP contribution is -1.93. The first-order valence-corrected chi connectivity index (χ1v) is 6.97. The molecule has 0 aliphatic carbocycles. The summed E-state index contributed by atoms with van der Waals surface area (Å²) in [4.78, 5) is 9.72. The van der Waals surface area contributed by atoms with Gasteiger partial charge in [0.1, 0.15) is 11.5 Å². The van der Waals surface area contributed by atoms with Crippen LogP contribution < -0.4 is 4.74 Å². The van der Waals surface area contributed by atoms with Gasteiger partial charge in [-0.25, -0.2) is 0 Å². The fourth-order valence-electron chi connectivity index (χ4n) is 1.54. The minimum atomic E-state index is -0.948. The maximum atomic E-state index is 13.4. The van der Waals surface area contributed by atoms with Gasteiger partial charge in [-0.2, -0.15) is 4.39 Å². The SMILES string of the molecule is O=[N+]([O-])c1ccc(Oc2ccc(CBr)c(Cl)c2)cc1F. The number of hydrogen-bond donors (Lipinski definition) is 0. The number of rotatable bonds is 4. The van der Waals surface area contributed by atoms with Crippen LogP contribution in [0.1, 0.15) is 5.56 Å². The molecule has 0 saturated carbocycles. The van der Waals surface area contributed by atoms with Crippen molar-refractivity contribution in [1.29, 1.82) is 0 Å². The molecule has 0 aliphatic heterocycles. The number of halogens is 3. The van der Waals surface area contributed by atoms with Crippen molar-refractivity contribution in [3.8, 4) is 11.5 Å². The molecule has 4 nitrogen and oxygen atoms in total. The second kappa shape index (κ2) is 6.19. The Labute approximate surface area is 127 Å². The molecule has 2 rings (SSSR count). The van der Waals surface area contributed by atoms with Gasteiger partial charge in [-0.15, -0.1) is 0 Å². The molecular weight excluding hydrogens is 353 g/mol. The van der Waals surface area contributed by atoms with Crippen LogP contribution in [0.2, 0.25) is 5.02 Å². The van der Waals surface area contributed by atoms with E-state index in [1.54, 1.807) is 18.2 Å². The molecule has 104 valence electrons. The zero-order valence-electron chi connectivity index (χ0n) is 9.98. The first kappa shape index (κ1) is 14.7. The first-order valence-electron chi connectivity index (χ1n) is 5.47. The van der Waals surface area contributed by atoms with Gasteiger partial charge in [0.15, 0.2) is 0 Å². The molecule has 20 heavy (non-hydrogen) atoms. The van der Waals surface area contributed by atoms with Gasteiger partial charge >= 0.3 is 5.69 Å². The number of ether oxygens (including phenoxy) is 1. The predicted molar refractivity (Wildman–Crippen MR) is 77.2 cm³/mol. The van der Waals surface area contributed by atoms with E-state index in [1.165, 1.54) is 6.07 Å². The molecule has 0 unspecified atom stereocenters. The fourth-order valence-corrected chi connectivity index (χ4v) is 2.42. The number of nitrogens with zero attached hydrogens (tertiary/aromatic N) is 1. The van der Waals surface area contributed by atoms with Gasteiger partial charge in [0.2, 0.25) is 5.82 Å². The monoisotopic (exact) mass is 359 g/mol. The van der Waals surface area contributed by atoms with E-state index < -0.39 is 16.4 Å². The summed E-state index contributed by atoms with van der Waals surface area (Å²) >= 11 is 9.31. The second-order valence-corrected chi connectivity index (χ2v) is 4.83. The standard InChI is InChI=1S/C13H8BrClFNO3/c14-7-8-1-2-9(5-11(8)15)20-10-3-4-13(17(18)19)12(16)6-10/h1-6H,7H2. The van der Waals surface area contributed by atoms with Gasteiger partial charge in [-0.1, -0.05) is 33.6 Å². The van der Waals surface area contributed by atoms with E-state index in [0.29, 0.717) is 16.1 Å². The molecular formula is C13H8BrClFNO3. The summed E-state index contributed by atoms with van der Waals surface area (Å²) in [7, 11) is 0. The molecule has 7 heteroatoms. The number of nitro benzene ring substituents is 1. The normalized spacial score (nSPS) is 10.3. The lowest BCUT2D eigenvalue weighted by molar-refractivity contribution is -0.387. The van der Waals surface area contributed by atoms with E-state index in [1.807, 2.05) is 0 Å². The smallest absolute Gasteiger partial charge is 0.305 e. The van der Waals surface area contributed by atoms with Gasteiger partial charge in [0.05, 0.1) is 4.92 Å². The van der Waals surface area contributed by atoms with Crippen molar-refractivity contribution in [3.63, 3.8) is 0 Å². The Morgan fingerprint density at radius 3 is 2.45 bits per heavy atom. The highest BCUT2D eigenvalue weighted by Crippen LogP contribution is 2.30. The first-order chi connectivity index (χ1) is 9.51. The summed E-state index contributed by atoms with van der Waals surface area (Å²) in [5.41, 5.74) is 0.305. The third-order valence-corrected chi connectivity index (χ3v) is 3.48. The fraction of sp³-hybridized carbons (Fsp3) is 0.0769. The van der Waals surface area contributed by atoms with Crippen molar-refractivity contribution < 1.29 is 14.1 Å². The molecule has 0 bridgehead atoms. The molecule has 0 radical (unpaired) electrons. The zero-order valence-corrected chi connectivity index (χ0v) is 12.3. The summed E-state index contributed by atoms with van der Waals surface area (Å²) in [5.74, 6) is -0.362. The number of alkyl halides is 1. The van der Waals surface area contributed by atoms with E-state index in [4.69, 9.17) is 16.3 Å². The molecule has 0 spiro atoms. The van der Waals surface area contributed by atoms with Crippen molar-refractivity contribution >= 4 is 33.2 Å². The van der Waals surface area contributed by atoms with Crippen LogP contribution in [0, 0.1) is 15.9 Å². The Morgan fingerprint density at radius 1 is 1.25 bits per heavy atom. The van der Waals surface area contributed by atoms with Gasteiger partial charge in [-0.05, 0) is 23.8 Å². The molecule has 0 atom stereocenters. The third-order valence-electron chi connectivity index (χ3n) is 2.52. The second-order valence-electron chi connectivity index (χ2n) is 3.86. The predicted octanol–water partition coefficient (Wildman–Crippen LogP) is 5.07. The van der Waals surface area contributed by atoms with Crippen LogP contribution in [-0.2, 0) is 5.33 Å². The van der Waals surface area contributed by atoms with E-state index in [0.717, 1.165) is 17.7 Å². The minimum Gasteiger partial charge on any atom is -0.457 e. The van der Waals surface area contributed by atoms with Gasteiger partial charge in [0, 0.05) is 22.5 Å². The van der Waals surface area contributed by atoms with Crippen LogP contribution in [-0.4, -0.2) is 4.92 Å². The highest BCUT2D eigenvalue weighted by molar-refractivity contribution is 9.08. The topological polar surface area (TPSA) is 52.4 Å². The zero-order chi connectivity index (χ0) is 14.7. The van der Waals surface area contributed by atoms with Crippen molar-refractivity contribution in [2.75, 3.05) is 0 Å². The molecule has 0 fully saturated rings. The van der Waals surface area contributed by atoms with Crippen LogP contribution in [0.5, 0.6) is 11.5 Å². The third kappa shape index (κ3) is 3.26. The average Bonchev–Trinajstić information content (AvgIpc) is 2.38. The molecule has 0 saturated heterocycles. The Kier molecular flexibility index (Phi) is 4.57. The molecule has 2 aromatic rings. The molecule has 0 aromatic heterocycles. The lowest BCUT2D eigenvalue weighted by atomic mass is 10.2.